The number of aryl methyl sites for hydroxylation is 2. The average molecular weight is 346 g/mol. The van der Waals surface area contributed by atoms with Crippen LogP contribution in [0.3, 0.4) is 0 Å². The zero-order valence-electron chi connectivity index (χ0n) is 15.0. The van der Waals surface area contributed by atoms with Crippen LogP contribution in [0.2, 0.25) is 0 Å². The van der Waals surface area contributed by atoms with Gasteiger partial charge < -0.3 is 10.6 Å². The number of anilines is 1. The van der Waals surface area contributed by atoms with Crippen LogP contribution in [0.1, 0.15) is 32.9 Å². The van der Waals surface area contributed by atoms with Gasteiger partial charge in [0.1, 0.15) is 5.69 Å². The number of amides is 1. The zero-order chi connectivity index (χ0) is 18.4. The molecule has 5 heteroatoms. The third kappa shape index (κ3) is 4.89. The number of aromatic nitrogens is 2. The smallest absolute Gasteiger partial charge is 0.270 e. The molecule has 2 aromatic carbocycles. The molecule has 1 heterocycles. The monoisotopic (exact) mass is 346 g/mol. The van der Waals surface area contributed by atoms with Crippen molar-refractivity contribution in [3.05, 3.63) is 88.7 Å². The molecule has 0 radical (unpaired) electrons. The van der Waals surface area contributed by atoms with Crippen LogP contribution in [0.5, 0.6) is 0 Å². The predicted octanol–water partition coefficient (Wildman–Crippen LogP) is 3.64. The minimum atomic E-state index is -0.209. The van der Waals surface area contributed by atoms with E-state index in [1.54, 1.807) is 6.07 Å². The standard InChI is InChI=1S/C21H22N4O/c1-15-7-6-10-18(11-15)14-22-20(26)19-12-16(2)24-21(25-19)23-13-17-8-4-3-5-9-17/h3-12H,13-14H2,1-2H3,(H,22,26)(H,23,24,25). The van der Waals surface area contributed by atoms with Gasteiger partial charge in [-0.2, -0.15) is 0 Å². The van der Waals surface area contributed by atoms with Gasteiger partial charge in [-0.3, -0.25) is 4.79 Å². The molecule has 0 atom stereocenters. The van der Waals surface area contributed by atoms with Crippen molar-refractivity contribution in [3.63, 3.8) is 0 Å². The lowest BCUT2D eigenvalue weighted by atomic mass is 10.1. The lowest BCUT2D eigenvalue weighted by Crippen LogP contribution is -2.24. The molecule has 5 nitrogen and oxygen atoms in total. The van der Waals surface area contributed by atoms with Gasteiger partial charge in [0, 0.05) is 18.8 Å². The molecular weight excluding hydrogens is 324 g/mol. The summed E-state index contributed by atoms with van der Waals surface area (Å²) in [5.74, 6) is 0.245. The lowest BCUT2D eigenvalue weighted by Gasteiger charge is -2.09. The normalized spacial score (nSPS) is 10.4. The van der Waals surface area contributed by atoms with Gasteiger partial charge in [0.2, 0.25) is 5.95 Å². The Morgan fingerprint density at radius 1 is 0.885 bits per heavy atom. The van der Waals surface area contributed by atoms with Crippen molar-refractivity contribution in [2.45, 2.75) is 26.9 Å². The highest BCUT2D eigenvalue weighted by Gasteiger charge is 2.10. The fourth-order valence-electron chi connectivity index (χ4n) is 2.64. The number of nitrogens with zero attached hydrogens (tertiary/aromatic N) is 2. The molecule has 132 valence electrons. The van der Waals surface area contributed by atoms with E-state index in [-0.39, 0.29) is 5.91 Å². The van der Waals surface area contributed by atoms with Gasteiger partial charge >= 0.3 is 0 Å². The molecule has 0 aliphatic carbocycles. The molecule has 0 aliphatic rings. The van der Waals surface area contributed by atoms with Crippen LogP contribution in [0, 0.1) is 13.8 Å². The fourth-order valence-corrected chi connectivity index (χ4v) is 2.64. The summed E-state index contributed by atoms with van der Waals surface area (Å²) < 4.78 is 0. The van der Waals surface area contributed by atoms with Crippen LogP contribution in [-0.2, 0) is 13.1 Å². The summed E-state index contributed by atoms with van der Waals surface area (Å²) in [6.45, 7) is 4.96. The highest BCUT2D eigenvalue weighted by molar-refractivity contribution is 5.92. The Labute approximate surface area is 153 Å². The molecular formula is C21H22N4O. The molecule has 0 saturated heterocycles. The SMILES string of the molecule is Cc1cccc(CNC(=O)c2cc(C)nc(NCc3ccccc3)n2)c1. The Balaban J connectivity index is 1.65. The van der Waals surface area contributed by atoms with Crippen LogP contribution >= 0.6 is 0 Å². The second kappa shape index (κ2) is 8.25. The molecule has 3 rings (SSSR count). The van der Waals surface area contributed by atoms with E-state index in [0.29, 0.717) is 24.7 Å². The second-order valence-corrected chi connectivity index (χ2v) is 6.23. The maximum Gasteiger partial charge on any atom is 0.270 e. The Morgan fingerprint density at radius 2 is 1.65 bits per heavy atom. The van der Waals surface area contributed by atoms with Crippen molar-refractivity contribution in [1.82, 2.24) is 15.3 Å². The molecule has 1 amide bonds. The van der Waals surface area contributed by atoms with Crippen molar-refractivity contribution in [1.29, 1.82) is 0 Å². The van der Waals surface area contributed by atoms with E-state index in [0.717, 1.165) is 16.8 Å². The molecule has 0 fully saturated rings. The third-order valence-electron chi connectivity index (χ3n) is 3.92. The summed E-state index contributed by atoms with van der Waals surface area (Å²) in [6, 6.07) is 19.8. The summed E-state index contributed by atoms with van der Waals surface area (Å²) in [4.78, 5) is 21.2. The Bertz CT molecular complexity index is 894. The fraction of sp³-hybridized carbons (Fsp3) is 0.190. The van der Waals surface area contributed by atoms with Crippen molar-refractivity contribution in [2.24, 2.45) is 0 Å². The number of hydrogen-bond acceptors (Lipinski definition) is 4. The van der Waals surface area contributed by atoms with Crippen LogP contribution < -0.4 is 10.6 Å². The highest BCUT2D eigenvalue weighted by Crippen LogP contribution is 2.08. The van der Waals surface area contributed by atoms with E-state index in [9.17, 15) is 4.79 Å². The van der Waals surface area contributed by atoms with E-state index < -0.39 is 0 Å². The number of nitrogens with one attached hydrogen (secondary N) is 2. The molecule has 0 saturated carbocycles. The van der Waals surface area contributed by atoms with Gasteiger partial charge in [-0.05, 0) is 31.0 Å². The van der Waals surface area contributed by atoms with Gasteiger partial charge in [-0.1, -0.05) is 60.2 Å². The van der Waals surface area contributed by atoms with Crippen molar-refractivity contribution >= 4 is 11.9 Å². The molecule has 0 unspecified atom stereocenters. The number of carbonyl (C=O) groups excluding carboxylic acids is 1. The summed E-state index contributed by atoms with van der Waals surface area (Å²) in [5, 5.41) is 6.09. The number of hydrogen-bond donors (Lipinski definition) is 2. The van der Waals surface area contributed by atoms with E-state index >= 15 is 0 Å². The third-order valence-corrected chi connectivity index (χ3v) is 3.92. The first-order valence-electron chi connectivity index (χ1n) is 8.57. The Morgan fingerprint density at radius 3 is 2.42 bits per heavy atom. The summed E-state index contributed by atoms with van der Waals surface area (Å²) >= 11 is 0. The Kier molecular flexibility index (Phi) is 5.59. The molecule has 3 aromatic rings. The minimum Gasteiger partial charge on any atom is -0.350 e. The maximum absolute atomic E-state index is 12.5. The molecule has 26 heavy (non-hydrogen) atoms. The molecule has 2 N–H and O–H groups in total. The highest BCUT2D eigenvalue weighted by atomic mass is 16.1. The zero-order valence-corrected chi connectivity index (χ0v) is 15.0. The predicted molar refractivity (Wildman–Crippen MR) is 103 cm³/mol. The molecule has 0 aliphatic heterocycles. The topological polar surface area (TPSA) is 66.9 Å². The molecule has 0 bridgehead atoms. The molecule has 1 aromatic heterocycles. The number of carbonyl (C=O) groups is 1. The summed E-state index contributed by atoms with van der Waals surface area (Å²) in [7, 11) is 0. The van der Waals surface area contributed by atoms with E-state index in [2.05, 4.69) is 26.7 Å². The van der Waals surface area contributed by atoms with E-state index in [4.69, 9.17) is 0 Å². The van der Waals surface area contributed by atoms with Gasteiger partial charge in [-0.15, -0.1) is 0 Å². The molecule has 0 spiro atoms. The van der Waals surface area contributed by atoms with Gasteiger partial charge in [0.05, 0.1) is 0 Å². The summed E-state index contributed by atoms with van der Waals surface area (Å²) in [6.07, 6.45) is 0. The van der Waals surface area contributed by atoms with Crippen LogP contribution in [0.15, 0.2) is 60.7 Å². The van der Waals surface area contributed by atoms with Crippen molar-refractivity contribution < 1.29 is 4.79 Å². The number of rotatable bonds is 6. The quantitative estimate of drug-likeness (QED) is 0.715. The van der Waals surface area contributed by atoms with Gasteiger partial charge in [0.15, 0.2) is 0 Å². The van der Waals surface area contributed by atoms with Crippen molar-refractivity contribution in [3.8, 4) is 0 Å². The van der Waals surface area contributed by atoms with Crippen molar-refractivity contribution in [2.75, 3.05) is 5.32 Å². The first kappa shape index (κ1) is 17.6. The summed E-state index contributed by atoms with van der Waals surface area (Å²) in [5.41, 5.74) is 4.47. The lowest BCUT2D eigenvalue weighted by molar-refractivity contribution is 0.0945. The largest absolute Gasteiger partial charge is 0.350 e. The first-order valence-corrected chi connectivity index (χ1v) is 8.57. The van der Waals surface area contributed by atoms with Crippen LogP contribution in [-0.4, -0.2) is 15.9 Å². The average Bonchev–Trinajstić information content (AvgIpc) is 2.65. The Hall–Kier alpha value is -3.21. The minimum absolute atomic E-state index is 0.209. The van der Waals surface area contributed by atoms with E-state index in [1.165, 1.54) is 5.56 Å². The van der Waals surface area contributed by atoms with Crippen LogP contribution in [0.4, 0.5) is 5.95 Å². The second-order valence-electron chi connectivity index (χ2n) is 6.23. The van der Waals surface area contributed by atoms with Gasteiger partial charge in [0.25, 0.3) is 5.91 Å². The maximum atomic E-state index is 12.5. The van der Waals surface area contributed by atoms with E-state index in [1.807, 2.05) is 62.4 Å². The van der Waals surface area contributed by atoms with Gasteiger partial charge in [-0.25, -0.2) is 9.97 Å². The first-order chi connectivity index (χ1) is 12.6. The van der Waals surface area contributed by atoms with Crippen LogP contribution in [0.25, 0.3) is 0 Å². The number of benzene rings is 2.